The maximum absolute atomic E-state index is 12.1. The molecule has 3 aromatic rings. The predicted octanol–water partition coefficient (Wildman–Crippen LogP) is 2.05. The predicted molar refractivity (Wildman–Crippen MR) is 100 cm³/mol. The Hall–Kier alpha value is -2.96. The van der Waals surface area contributed by atoms with E-state index in [2.05, 4.69) is 25.3 Å². The summed E-state index contributed by atoms with van der Waals surface area (Å²) < 4.78 is 0. The van der Waals surface area contributed by atoms with Gasteiger partial charge in [-0.05, 0) is 26.0 Å². The molecule has 0 aliphatic rings. The number of aryl methyl sites for hydroxylation is 1. The van der Waals surface area contributed by atoms with Crippen molar-refractivity contribution in [3.05, 3.63) is 51.7 Å². The highest BCUT2D eigenvalue weighted by Gasteiger charge is 2.09. The highest BCUT2D eigenvalue weighted by molar-refractivity contribution is 5.77. The molecule has 0 aliphatic carbocycles. The number of hydrogen-bond donors (Lipinski definition) is 2. The lowest BCUT2D eigenvalue weighted by Gasteiger charge is -2.16. The highest BCUT2D eigenvalue weighted by Crippen LogP contribution is 2.18. The molecule has 25 heavy (non-hydrogen) atoms. The molecular formula is C18H22N6O. The van der Waals surface area contributed by atoms with Crippen LogP contribution in [0.5, 0.6) is 0 Å². The zero-order valence-corrected chi connectivity index (χ0v) is 14.9. The molecule has 7 nitrogen and oxygen atoms in total. The maximum Gasteiger partial charge on any atom is 0.258 e. The van der Waals surface area contributed by atoms with E-state index in [0.29, 0.717) is 35.6 Å². The van der Waals surface area contributed by atoms with E-state index in [1.54, 1.807) is 6.07 Å². The monoisotopic (exact) mass is 338 g/mol. The third kappa shape index (κ3) is 3.60. The summed E-state index contributed by atoms with van der Waals surface area (Å²) in [7, 11) is 3.83. The lowest BCUT2D eigenvalue weighted by atomic mass is 10.2. The van der Waals surface area contributed by atoms with Crippen molar-refractivity contribution in [3.8, 4) is 0 Å². The number of benzene rings is 1. The lowest BCUT2D eigenvalue weighted by molar-refractivity contribution is 0.884. The van der Waals surface area contributed by atoms with E-state index in [1.807, 2.05) is 51.0 Å². The van der Waals surface area contributed by atoms with Crippen LogP contribution in [-0.2, 0) is 6.42 Å². The molecule has 0 fully saturated rings. The van der Waals surface area contributed by atoms with Gasteiger partial charge in [-0.3, -0.25) is 4.79 Å². The van der Waals surface area contributed by atoms with Gasteiger partial charge in [0, 0.05) is 38.3 Å². The third-order valence-corrected chi connectivity index (χ3v) is 4.09. The van der Waals surface area contributed by atoms with Gasteiger partial charge < -0.3 is 15.2 Å². The van der Waals surface area contributed by atoms with Gasteiger partial charge in [0.1, 0.15) is 11.6 Å². The van der Waals surface area contributed by atoms with E-state index < -0.39 is 0 Å². The van der Waals surface area contributed by atoms with Gasteiger partial charge in [0.05, 0.1) is 10.9 Å². The van der Waals surface area contributed by atoms with E-state index in [4.69, 9.17) is 0 Å². The van der Waals surface area contributed by atoms with Crippen LogP contribution in [0.4, 0.5) is 11.8 Å². The Balaban J connectivity index is 1.76. The van der Waals surface area contributed by atoms with Crippen LogP contribution in [0.3, 0.4) is 0 Å². The fourth-order valence-corrected chi connectivity index (χ4v) is 2.54. The van der Waals surface area contributed by atoms with Crippen LogP contribution in [0.2, 0.25) is 0 Å². The summed E-state index contributed by atoms with van der Waals surface area (Å²) in [6, 6.07) is 7.34. The molecule has 130 valence electrons. The number of fused-ring (bicyclic) bond motifs is 1. The highest BCUT2D eigenvalue weighted by atomic mass is 16.1. The fourth-order valence-electron chi connectivity index (χ4n) is 2.54. The number of nitrogens with one attached hydrogen (secondary N) is 2. The van der Waals surface area contributed by atoms with E-state index in [1.165, 1.54) is 0 Å². The molecule has 0 atom stereocenters. The Morgan fingerprint density at radius 3 is 2.64 bits per heavy atom. The SMILES string of the molecule is Cc1nc(N(C)C)nc(NCCc2nc3ccccc3c(=O)[nH]2)c1C. The Kier molecular flexibility index (Phi) is 4.65. The number of para-hydroxylation sites is 1. The Labute approximate surface area is 146 Å². The van der Waals surface area contributed by atoms with Gasteiger partial charge in [-0.25, -0.2) is 9.97 Å². The van der Waals surface area contributed by atoms with Crippen LogP contribution in [-0.4, -0.2) is 40.6 Å². The van der Waals surface area contributed by atoms with Crippen molar-refractivity contribution in [1.82, 2.24) is 19.9 Å². The molecule has 7 heteroatoms. The van der Waals surface area contributed by atoms with Crippen molar-refractivity contribution < 1.29 is 0 Å². The van der Waals surface area contributed by atoms with Crippen molar-refractivity contribution in [2.45, 2.75) is 20.3 Å². The molecule has 1 aromatic carbocycles. The minimum absolute atomic E-state index is 0.107. The molecule has 0 spiro atoms. The summed E-state index contributed by atoms with van der Waals surface area (Å²) in [6.45, 7) is 4.58. The van der Waals surface area contributed by atoms with Gasteiger partial charge >= 0.3 is 0 Å². The molecule has 0 radical (unpaired) electrons. The second kappa shape index (κ2) is 6.88. The number of aromatic nitrogens is 4. The van der Waals surface area contributed by atoms with Crippen molar-refractivity contribution in [2.75, 3.05) is 30.9 Å². The van der Waals surface area contributed by atoms with E-state index in [0.717, 1.165) is 17.1 Å². The van der Waals surface area contributed by atoms with Crippen LogP contribution < -0.4 is 15.8 Å². The second-order valence-corrected chi connectivity index (χ2v) is 6.18. The normalized spacial score (nSPS) is 10.9. The first-order chi connectivity index (χ1) is 12.0. The molecule has 2 N–H and O–H groups in total. The number of nitrogens with zero attached hydrogens (tertiary/aromatic N) is 4. The summed E-state index contributed by atoms with van der Waals surface area (Å²) in [5, 5.41) is 3.93. The van der Waals surface area contributed by atoms with Crippen molar-refractivity contribution >= 4 is 22.7 Å². The third-order valence-electron chi connectivity index (χ3n) is 4.09. The number of rotatable bonds is 5. The van der Waals surface area contributed by atoms with Crippen molar-refractivity contribution in [2.24, 2.45) is 0 Å². The van der Waals surface area contributed by atoms with Crippen LogP contribution in [0, 0.1) is 13.8 Å². The molecule has 0 saturated carbocycles. The van der Waals surface area contributed by atoms with Crippen molar-refractivity contribution in [1.29, 1.82) is 0 Å². The van der Waals surface area contributed by atoms with Gasteiger partial charge in [-0.15, -0.1) is 0 Å². The minimum Gasteiger partial charge on any atom is -0.369 e. The largest absolute Gasteiger partial charge is 0.369 e. The first kappa shape index (κ1) is 16.9. The Morgan fingerprint density at radius 2 is 1.88 bits per heavy atom. The first-order valence-electron chi connectivity index (χ1n) is 8.20. The summed E-state index contributed by atoms with van der Waals surface area (Å²) in [5.41, 5.74) is 2.57. The zero-order valence-electron chi connectivity index (χ0n) is 14.9. The number of aromatic amines is 1. The minimum atomic E-state index is -0.107. The van der Waals surface area contributed by atoms with Crippen LogP contribution in [0.25, 0.3) is 10.9 Å². The zero-order chi connectivity index (χ0) is 18.0. The standard InChI is InChI=1S/C18H22N6O/c1-11-12(2)20-18(24(3)4)23-16(11)19-10-9-15-21-14-8-6-5-7-13(14)17(25)22-15/h5-8H,9-10H2,1-4H3,(H,19,20,23)(H,21,22,25). The quantitative estimate of drug-likeness (QED) is 0.740. The number of H-pyrrole nitrogens is 1. The molecule has 3 rings (SSSR count). The summed E-state index contributed by atoms with van der Waals surface area (Å²) >= 11 is 0. The van der Waals surface area contributed by atoms with Gasteiger partial charge in [0.2, 0.25) is 5.95 Å². The number of hydrogen-bond acceptors (Lipinski definition) is 6. The molecular weight excluding hydrogens is 316 g/mol. The smallest absolute Gasteiger partial charge is 0.258 e. The average molecular weight is 338 g/mol. The summed E-state index contributed by atoms with van der Waals surface area (Å²) in [6.07, 6.45) is 0.597. The van der Waals surface area contributed by atoms with Gasteiger partial charge in [0.25, 0.3) is 5.56 Å². The molecule has 2 aromatic heterocycles. The maximum atomic E-state index is 12.1. The Bertz CT molecular complexity index is 963. The summed E-state index contributed by atoms with van der Waals surface area (Å²) in [4.78, 5) is 30.3. The van der Waals surface area contributed by atoms with Gasteiger partial charge in [0.15, 0.2) is 0 Å². The van der Waals surface area contributed by atoms with Gasteiger partial charge in [-0.2, -0.15) is 4.98 Å². The second-order valence-electron chi connectivity index (χ2n) is 6.18. The first-order valence-corrected chi connectivity index (χ1v) is 8.20. The van der Waals surface area contributed by atoms with Crippen LogP contribution >= 0.6 is 0 Å². The van der Waals surface area contributed by atoms with Crippen LogP contribution in [0.15, 0.2) is 29.1 Å². The summed E-state index contributed by atoms with van der Waals surface area (Å²) in [5.74, 6) is 2.13. The molecule has 0 unspecified atom stereocenters. The van der Waals surface area contributed by atoms with E-state index >= 15 is 0 Å². The van der Waals surface area contributed by atoms with E-state index in [-0.39, 0.29) is 5.56 Å². The fraction of sp³-hybridized carbons (Fsp3) is 0.333. The number of anilines is 2. The molecule has 0 bridgehead atoms. The van der Waals surface area contributed by atoms with Crippen LogP contribution in [0.1, 0.15) is 17.1 Å². The molecule has 0 amide bonds. The van der Waals surface area contributed by atoms with E-state index in [9.17, 15) is 4.79 Å². The molecule has 2 heterocycles. The average Bonchev–Trinajstić information content (AvgIpc) is 2.58. The Morgan fingerprint density at radius 1 is 1.12 bits per heavy atom. The molecule has 0 saturated heterocycles. The van der Waals surface area contributed by atoms with Gasteiger partial charge in [-0.1, -0.05) is 12.1 Å². The lowest BCUT2D eigenvalue weighted by Crippen LogP contribution is -2.18. The topological polar surface area (TPSA) is 86.8 Å². The molecule has 0 aliphatic heterocycles. The van der Waals surface area contributed by atoms with Crippen molar-refractivity contribution in [3.63, 3.8) is 0 Å².